The predicted molar refractivity (Wildman–Crippen MR) is 68.0 cm³/mol. The van der Waals surface area contributed by atoms with Crippen molar-refractivity contribution < 1.29 is 13.2 Å². The molecule has 0 amide bonds. The topological polar surface area (TPSA) is 43.8 Å². The molecule has 2 N–H and O–H groups in total. The summed E-state index contributed by atoms with van der Waals surface area (Å²) in [4.78, 5) is 4.02. The monoisotopic (exact) mass is 291 g/mol. The number of rotatable bonds is 2. The van der Waals surface area contributed by atoms with Crippen molar-refractivity contribution in [2.75, 3.05) is 0 Å². The Labute approximate surface area is 113 Å². The molecule has 104 valence electrons. The maximum Gasteiger partial charge on any atom is 0.413 e. The first kappa shape index (κ1) is 14.1. The number of nitrogens with two attached hydrogens (primary N) is 1. The highest BCUT2D eigenvalue weighted by molar-refractivity contribution is 6.31. The van der Waals surface area contributed by atoms with Gasteiger partial charge in [-0.3, -0.25) is 0 Å². The lowest BCUT2D eigenvalue weighted by Crippen LogP contribution is -2.49. The fourth-order valence-corrected chi connectivity index (χ4v) is 2.11. The Morgan fingerprint density at radius 3 is 2.53 bits per heavy atom. The van der Waals surface area contributed by atoms with Gasteiger partial charge in [-0.25, -0.2) is 4.98 Å². The Morgan fingerprint density at radius 2 is 2.00 bits per heavy atom. The normalized spacial score (nSPS) is 15.7. The number of aryl methyl sites for hydroxylation is 1. The zero-order valence-electron chi connectivity index (χ0n) is 10.4. The Hall–Kier alpha value is -1.27. The first-order valence-electron chi connectivity index (χ1n) is 5.70. The van der Waals surface area contributed by atoms with Crippen LogP contribution in [0.1, 0.15) is 19.7 Å². The van der Waals surface area contributed by atoms with Crippen LogP contribution in [0.25, 0.3) is 11.0 Å². The van der Waals surface area contributed by atoms with E-state index in [1.807, 2.05) is 0 Å². The molecular weight excluding hydrogens is 279 g/mol. The summed E-state index contributed by atoms with van der Waals surface area (Å²) in [6, 6.07) is 4.76. The lowest BCUT2D eigenvalue weighted by atomic mass is 10.0. The summed E-state index contributed by atoms with van der Waals surface area (Å²) < 4.78 is 40.6. The molecule has 0 saturated carbocycles. The van der Waals surface area contributed by atoms with Crippen molar-refractivity contribution >= 4 is 22.6 Å². The molecule has 1 unspecified atom stereocenters. The van der Waals surface area contributed by atoms with Crippen LogP contribution >= 0.6 is 11.6 Å². The second-order valence-corrected chi connectivity index (χ2v) is 4.95. The van der Waals surface area contributed by atoms with E-state index in [0.717, 1.165) is 6.92 Å². The number of imidazole rings is 1. The van der Waals surface area contributed by atoms with Crippen molar-refractivity contribution in [3.8, 4) is 0 Å². The quantitative estimate of drug-likeness (QED) is 0.921. The second-order valence-electron chi connectivity index (χ2n) is 4.51. The fourth-order valence-electron chi connectivity index (χ4n) is 1.94. The van der Waals surface area contributed by atoms with Crippen LogP contribution in [0.5, 0.6) is 0 Å². The molecule has 0 aliphatic heterocycles. The standard InChI is InChI=1S/C12H13ClF3N3/c1-3-19-9-6-7(13)4-5-8(9)18-10(19)11(2,17)12(14,15)16/h4-6H,3,17H2,1-2H3. The Bertz CT molecular complexity index is 616. The third-order valence-corrected chi connectivity index (χ3v) is 3.31. The first-order valence-corrected chi connectivity index (χ1v) is 6.08. The summed E-state index contributed by atoms with van der Waals surface area (Å²) in [5.74, 6) is -0.209. The van der Waals surface area contributed by atoms with Gasteiger partial charge in [0, 0.05) is 11.6 Å². The van der Waals surface area contributed by atoms with Crippen LogP contribution in [0.4, 0.5) is 13.2 Å². The van der Waals surface area contributed by atoms with E-state index in [0.29, 0.717) is 22.6 Å². The van der Waals surface area contributed by atoms with Crippen molar-refractivity contribution in [3.05, 3.63) is 29.0 Å². The number of fused-ring (bicyclic) bond motifs is 1. The maximum atomic E-state index is 13.0. The molecule has 0 radical (unpaired) electrons. The molecule has 0 spiro atoms. The minimum absolute atomic E-state index is 0.209. The molecule has 2 rings (SSSR count). The molecule has 19 heavy (non-hydrogen) atoms. The molecule has 7 heteroatoms. The zero-order chi connectivity index (χ0) is 14.4. The summed E-state index contributed by atoms with van der Waals surface area (Å²) in [6.07, 6.45) is -4.58. The van der Waals surface area contributed by atoms with Gasteiger partial charge in [0.05, 0.1) is 11.0 Å². The van der Waals surface area contributed by atoms with Gasteiger partial charge in [0.15, 0.2) is 5.54 Å². The highest BCUT2D eigenvalue weighted by Crippen LogP contribution is 2.37. The van der Waals surface area contributed by atoms with E-state index >= 15 is 0 Å². The van der Waals surface area contributed by atoms with Gasteiger partial charge in [0.1, 0.15) is 5.82 Å². The smallest absolute Gasteiger partial charge is 0.326 e. The van der Waals surface area contributed by atoms with Crippen LogP contribution < -0.4 is 5.73 Å². The molecule has 3 nitrogen and oxygen atoms in total. The minimum atomic E-state index is -4.58. The summed E-state index contributed by atoms with van der Waals surface area (Å²) in [7, 11) is 0. The number of benzene rings is 1. The number of aromatic nitrogens is 2. The Kier molecular flexibility index (Phi) is 3.26. The third kappa shape index (κ3) is 2.19. The van der Waals surface area contributed by atoms with Gasteiger partial charge in [-0.2, -0.15) is 13.2 Å². The van der Waals surface area contributed by atoms with E-state index < -0.39 is 11.7 Å². The fraction of sp³-hybridized carbons (Fsp3) is 0.417. The maximum absolute atomic E-state index is 13.0. The van der Waals surface area contributed by atoms with Crippen molar-refractivity contribution in [1.82, 2.24) is 9.55 Å². The second kappa shape index (κ2) is 4.38. The van der Waals surface area contributed by atoms with Crippen LogP contribution in [-0.4, -0.2) is 15.7 Å². The molecule has 1 aromatic heterocycles. The zero-order valence-corrected chi connectivity index (χ0v) is 11.2. The lowest BCUT2D eigenvalue weighted by Gasteiger charge is -2.27. The predicted octanol–water partition coefficient (Wildman–Crippen LogP) is 3.45. The van der Waals surface area contributed by atoms with Gasteiger partial charge in [-0.05, 0) is 32.0 Å². The lowest BCUT2D eigenvalue weighted by molar-refractivity contribution is -0.186. The van der Waals surface area contributed by atoms with Gasteiger partial charge in [-0.1, -0.05) is 11.6 Å². The molecule has 0 bridgehead atoms. The highest BCUT2D eigenvalue weighted by Gasteiger charge is 2.52. The van der Waals surface area contributed by atoms with Gasteiger partial charge >= 0.3 is 6.18 Å². The van der Waals surface area contributed by atoms with Crippen molar-refractivity contribution in [1.29, 1.82) is 0 Å². The van der Waals surface area contributed by atoms with E-state index in [4.69, 9.17) is 17.3 Å². The van der Waals surface area contributed by atoms with Crippen molar-refractivity contribution in [3.63, 3.8) is 0 Å². The number of nitrogens with zero attached hydrogens (tertiary/aromatic N) is 2. The molecule has 1 atom stereocenters. The largest absolute Gasteiger partial charge is 0.413 e. The van der Waals surface area contributed by atoms with Crippen molar-refractivity contribution in [2.24, 2.45) is 5.73 Å². The molecular formula is C12H13ClF3N3. The van der Waals surface area contributed by atoms with Crippen molar-refractivity contribution in [2.45, 2.75) is 32.1 Å². The van der Waals surface area contributed by atoms with Gasteiger partial charge in [-0.15, -0.1) is 0 Å². The molecule has 2 aromatic rings. The summed E-state index contributed by atoms with van der Waals surface area (Å²) >= 11 is 5.87. The molecule has 0 aliphatic rings. The number of alkyl halides is 3. The Balaban J connectivity index is 2.74. The van der Waals surface area contributed by atoms with E-state index in [-0.39, 0.29) is 5.82 Å². The molecule has 1 heterocycles. The van der Waals surface area contributed by atoms with Gasteiger partial charge in [0.25, 0.3) is 0 Å². The summed E-state index contributed by atoms with van der Waals surface area (Å²) in [6.45, 7) is 2.98. The van der Waals surface area contributed by atoms with Crippen LogP contribution in [0, 0.1) is 0 Å². The number of halogens is 4. The molecule has 1 aromatic carbocycles. The van der Waals surface area contributed by atoms with Crippen LogP contribution in [0.15, 0.2) is 18.2 Å². The van der Waals surface area contributed by atoms with Crippen LogP contribution in [0.2, 0.25) is 5.02 Å². The minimum Gasteiger partial charge on any atom is -0.326 e. The average Bonchev–Trinajstić information content (AvgIpc) is 2.65. The average molecular weight is 292 g/mol. The molecule has 0 aliphatic carbocycles. The van der Waals surface area contributed by atoms with Crippen LogP contribution in [-0.2, 0) is 12.1 Å². The molecule has 0 fully saturated rings. The van der Waals surface area contributed by atoms with Gasteiger partial charge in [0.2, 0.25) is 0 Å². The van der Waals surface area contributed by atoms with E-state index in [1.165, 1.54) is 4.57 Å². The number of hydrogen-bond donors (Lipinski definition) is 1. The first-order chi connectivity index (χ1) is 8.68. The highest BCUT2D eigenvalue weighted by atomic mass is 35.5. The summed E-state index contributed by atoms with van der Waals surface area (Å²) in [5, 5.41) is 0.444. The third-order valence-electron chi connectivity index (χ3n) is 3.08. The summed E-state index contributed by atoms with van der Waals surface area (Å²) in [5.41, 5.74) is 3.94. The van der Waals surface area contributed by atoms with E-state index in [2.05, 4.69) is 4.98 Å². The SMILES string of the molecule is CCn1c(C(C)(N)C(F)(F)F)nc2ccc(Cl)cc21. The van der Waals surface area contributed by atoms with E-state index in [9.17, 15) is 13.2 Å². The van der Waals surface area contributed by atoms with Crippen LogP contribution in [0.3, 0.4) is 0 Å². The van der Waals surface area contributed by atoms with E-state index in [1.54, 1.807) is 25.1 Å². The molecule has 0 saturated heterocycles. The van der Waals surface area contributed by atoms with Gasteiger partial charge < -0.3 is 10.3 Å². The Morgan fingerprint density at radius 1 is 1.37 bits per heavy atom. The number of hydrogen-bond acceptors (Lipinski definition) is 2.